The van der Waals surface area contributed by atoms with Crippen molar-refractivity contribution in [2.75, 3.05) is 11.9 Å². The molecule has 0 spiro atoms. The van der Waals surface area contributed by atoms with Crippen molar-refractivity contribution in [2.24, 2.45) is 0 Å². The van der Waals surface area contributed by atoms with Crippen LogP contribution in [0.3, 0.4) is 0 Å². The SMILES string of the molecule is CC(C)N(C[C@@H](O)c1ccc(Cl)c(Cl)c1)C(=O)Nc1ccc(CNC(=O)OC(C)(C)C)cc1. The molecule has 2 aromatic carbocycles. The van der Waals surface area contributed by atoms with Crippen LogP contribution < -0.4 is 10.6 Å². The Hall–Kier alpha value is -2.48. The average Bonchev–Trinajstić information content (AvgIpc) is 2.71. The van der Waals surface area contributed by atoms with Crippen LogP contribution in [0.15, 0.2) is 42.5 Å². The first-order valence-corrected chi connectivity index (χ1v) is 11.4. The summed E-state index contributed by atoms with van der Waals surface area (Å²) in [4.78, 5) is 26.2. The molecular weight excluding hydrogens is 465 g/mol. The Kier molecular flexibility index (Phi) is 9.40. The minimum absolute atomic E-state index is 0.0827. The fourth-order valence-corrected chi connectivity index (χ4v) is 3.24. The smallest absolute Gasteiger partial charge is 0.407 e. The van der Waals surface area contributed by atoms with Crippen molar-refractivity contribution < 1.29 is 19.4 Å². The number of benzene rings is 2. The number of rotatable bonds is 7. The molecule has 3 N–H and O–H groups in total. The maximum Gasteiger partial charge on any atom is 0.407 e. The van der Waals surface area contributed by atoms with Crippen LogP contribution in [0, 0.1) is 0 Å². The first kappa shape index (κ1) is 26.8. The van der Waals surface area contributed by atoms with E-state index < -0.39 is 17.8 Å². The van der Waals surface area contributed by atoms with Crippen molar-refractivity contribution in [3.63, 3.8) is 0 Å². The van der Waals surface area contributed by atoms with Gasteiger partial charge in [-0.15, -0.1) is 0 Å². The summed E-state index contributed by atoms with van der Waals surface area (Å²) in [5, 5.41) is 16.9. The second-order valence-corrected chi connectivity index (χ2v) is 9.73. The second kappa shape index (κ2) is 11.6. The standard InChI is InChI=1S/C24H31Cl2N3O4/c1-15(2)29(14-21(30)17-8-11-19(25)20(26)12-17)22(31)28-18-9-6-16(7-10-18)13-27-23(32)33-24(3,4)5/h6-12,15,21,30H,13-14H2,1-5H3,(H,27,32)(H,28,31)/t21-/m1/s1. The number of urea groups is 1. The van der Waals surface area contributed by atoms with Crippen molar-refractivity contribution in [3.05, 3.63) is 63.6 Å². The number of alkyl carbamates (subject to hydrolysis) is 1. The predicted octanol–water partition coefficient (Wildman–Crippen LogP) is 5.99. The Bertz CT molecular complexity index is 959. The molecule has 0 unspecified atom stereocenters. The van der Waals surface area contributed by atoms with Crippen LogP contribution in [0.5, 0.6) is 0 Å². The molecule has 0 saturated carbocycles. The molecule has 33 heavy (non-hydrogen) atoms. The molecular formula is C24H31Cl2N3O4. The summed E-state index contributed by atoms with van der Waals surface area (Å²) in [6.45, 7) is 9.52. The number of hydrogen-bond acceptors (Lipinski definition) is 4. The monoisotopic (exact) mass is 495 g/mol. The summed E-state index contributed by atoms with van der Waals surface area (Å²) < 4.78 is 5.21. The fourth-order valence-electron chi connectivity index (χ4n) is 2.93. The van der Waals surface area contributed by atoms with Crippen LogP contribution in [0.1, 0.15) is 51.8 Å². The number of halogens is 2. The van der Waals surface area contributed by atoms with Crippen LogP contribution in [-0.4, -0.2) is 40.3 Å². The Morgan fingerprint density at radius 2 is 1.70 bits per heavy atom. The number of hydrogen-bond donors (Lipinski definition) is 3. The van der Waals surface area contributed by atoms with Gasteiger partial charge in [0.05, 0.1) is 22.7 Å². The quantitative estimate of drug-likeness (QED) is 0.439. The molecule has 7 nitrogen and oxygen atoms in total. The summed E-state index contributed by atoms with van der Waals surface area (Å²) in [6.07, 6.45) is -1.41. The zero-order valence-electron chi connectivity index (χ0n) is 19.5. The van der Waals surface area contributed by atoms with Crippen LogP contribution in [0.25, 0.3) is 0 Å². The van der Waals surface area contributed by atoms with Crippen molar-refractivity contribution >= 4 is 41.0 Å². The molecule has 1 atom stereocenters. The Morgan fingerprint density at radius 1 is 1.06 bits per heavy atom. The molecule has 0 heterocycles. The third-order valence-corrected chi connectivity index (χ3v) is 5.36. The van der Waals surface area contributed by atoms with Gasteiger partial charge in [0.2, 0.25) is 0 Å². The molecule has 2 aromatic rings. The summed E-state index contributed by atoms with van der Waals surface area (Å²) in [5.74, 6) is 0. The van der Waals surface area contributed by atoms with Crippen LogP contribution in [-0.2, 0) is 11.3 Å². The van der Waals surface area contributed by atoms with Crippen molar-refractivity contribution in [3.8, 4) is 0 Å². The maximum absolute atomic E-state index is 12.9. The lowest BCUT2D eigenvalue weighted by Gasteiger charge is -2.29. The first-order chi connectivity index (χ1) is 15.4. The van der Waals surface area contributed by atoms with E-state index in [9.17, 15) is 14.7 Å². The second-order valence-electron chi connectivity index (χ2n) is 8.92. The number of nitrogens with zero attached hydrogens (tertiary/aromatic N) is 1. The third-order valence-electron chi connectivity index (χ3n) is 4.62. The third kappa shape index (κ3) is 8.76. The van der Waals surface area contributed by atoms with Crippen molar-refractivity contribution in [1.82, 2.24) is 10.2 Å². The van der Waals surface area contributed by atoms with E-state index in [0.29, 0.717) is 27.8 Å². The van der Waals surface area contributed by atoms with Gasteiger partial charge >= 0.3 is 12.1 Å². The zero-order valence-corrected chi connectivity index (χ0v) is 21.0. The van der Waals surface area contributed by atoms with Crippen LogP contribution in [0.2, 0.25) is 10.0 Å². The van der Waals surface area contributed by atoms with E-state index in [0.717, 1.165) is 5.56 Å². The number of amides is 3. The molecule has 0 bridgehead atoms. The fraction of sp³-hybridized carbons (Fsp3) is 0.417. The number of carbonyl (C=O) groups excluding carboxylic acids is 2. The lowest BCUT2D eigenvalue weighted by atomic mass is 10.1. The number of ether oxygens (including phenoxy) is 1. The van der Waals surface area contributed by atoms with Crippen molar-refractivity contribution in [2.45, 2.75) is 58.9 Å². The molecule has 0 radical (unpaired) electrons. The normalized spacial score (nSPS) is 12.3. The van der Waals surface area contributed by atoms with Gasteiger partial charge in [0, 0.05) is 18.3 Å². The van der Waals surface area contributed by atoms with E-state index in [2.05, 4.69) is 10.6 Å². The molecule has 9 heteroatoms. The highest BCUT2D eigenvalue weighted by atomic mass is 35.5. The number of aliphatic hydroxyl groups is 1. The molecule has 0 aliphatic heterocycles. The maximum atomic E-state index is 12.9. The summed E-state index contributed by atoms with van der Waals surface area (Å²) >= 11 is 12.0. The molecule has 0 aromatic heterocycles. The number of aliphatic hydroxyl groups excluding tert-OH is 1. The summed E-state index contributed by atoms with van der Waals surface area (Å²) in [6, 6.07) is 11.5. The van der Waals surface area contributed by atoms with Gasteiger partial charge in [0.15, 0.2) is 0 Å². The number of nitrogens with one attached hydrogen (secondary N) is 2. The van der Waals surface area contributed by atoms with E-state index >= 15 is 0 Å². The Morgan fingerprint density at radius 3 is 2.24 bits per heavy atom. The Labute approximate surface area is 205 Å². The number of carbonyl (C=O) groups is 2. The van der Waals surface area contributed by atoms with Gasteiger partial charge in [-0.25, -0.2) is 9.59 Å². The van der Waals surface area contributed by atoms with E-state index in [1.165, 1.54) is 4.90 Å². The van der Waals surface area contributed by atoms with E-state index in [4.69, 9.17) is 27.9 Å². The summed E-state index contributed by atoms with van der Waals surface area (Å²) in [5.41, 5.74) is 1.46. The molecule has 180 valence electrons. The highest BCUT2D eigenvalue weighted by molar-refractivity contribution is 6.42. The predicted molar refractivity (Wildman–Crippen MR) is 132 cm³/mol. The molecule has 0 fully saturated rings. The molecule has 3 amide bonds. The topological polar surface area (TPSA) is 90.9 Å². The highest BCUT2D eigenvalue weighted by Gasteiger charge is 2.22. The summed E-state index contributed by atoms with van der Waals surface area (Å²) in [7, 11) is 0. The van der Waals surface area contributed by atoms with Crippen molar-refractivity contribution in [1.29, 1.82) is 0 Å². The molecule has 0 aliphatic carbocycles. The van der Waals surface area contributed by atoms with Gasteiger partial charge in [-0.05, 0) is 70.0 Å². The zero-order chi connectivity index (χ0) is 24.8. The van der Waals surface area contributed by atoms with Gasteiger partial charge in [0.1, 0.15) is 5.60 Å². The molecule has 0 saturated heterocycles. The van der Waals surface area contributed by atoms with E-state index in [1.807, 2.05) is 13.8 Å². The largest absolute Gasteiger partial charge is 0.444 e. The number of anilines is 1. The van der Waals surface area contributed by atoms with Crippen LogP contribution >= 0.6 is 23.2 Å². The first-order valence-electron chi connectivity index (χ1n) is 10.6. The lowest BCUT2D eigenvalue weighted by Crippen LogP contribution is -2.42. The van der Waals surface area contributed by atoms with Gasteiger partial charge in [-0.2, -0.15) is 0 Å². The van der Waals surface area contributed by atoms with E-state index in [1.54, 1.807) is 63.2 Å². The van der Waals surface area contributed by atoms with Crippen LogP contribution in [0.4, 0.5) is 15.3 Å². The molecule has 0 aliphatic rings. The van der Waals surface area contributed by atoms with Gasteiger partial charge < -0.3 is 25.4 Å². The molecule has 2 rings (SSSR count). The van der Waals surface area contributed by atoms with Gasteiger partial charge in [-0.3, -0.25) is 0 Å². The minimum Gasteiger partial charge on any atom is -0.444 e. The lowest BCUT2D eigenvalue weighted by molar-refractivity contribution is 0.0523. The van der Waals surface area contributed by atoms with Gasteiger partial charge in [-0.1, -0.05) is 41.4 Å². The minimum atomic E-state index is -0.922. The highest BCUT2D eigenvalue weighted by Crippen LogP contribution is 2.26. The Balaban J connectivity index is 1.96. The van der Waals surface area contributed by atoms with Gasteiger partial charge in [0.25, 0.3) is 0 Å². The van der Waals surface area contributed by atoms with E-state index in [-0.39, 0.29) is 18.6 Å². The average molecular weight is 496 g/mol.